The number of imidazole rings is 1. The molecule has 2 aliphatic carbocycles. The molecule has 1 saturated heterocycles. The SMILES string of the molecule is Cn1ccnc1CN(Cc1cnc(C2CC2)s1)[C@H]1CC12CCNCC2. The van der Waals surface area contributed by atoms with Crippen molar-refractivity contribution in [3.63, 3.8) is 0 Å². The summed E-state index contributed by atoms with van der Waals surface area (Å²) in [6, 6.07) is 0.706. The molecule has 2 aromatic heterocycles. The number of rotatable bonds is 6. The highest BCUT2D eigenvalue weighted by Gasteiger charge is 2.56. The molecule has 5 rings (SSSR count). The third kappa shape index (κ3) is 3.15. The van der Waals surface area contributed by atoms with E-state index in [4.69, 9.17) is 4.98 Å². The van der Waals surface area contributed by atoms with E-state index in [2.05, 4.69) is 39.2 Å². The zero-order valence-electron chi connectivity index (χ0n) is 14.9. The number of nitrogens with one attached hydrogen (secondary N) is 1. The fourth-order valence-electron chi connectivity index (χ4n) is 4.43. The first-order valence-corrected chi connectivity index (χ1v) is 10.4. The monoisotopic (exact) mass is 357 g/mol. The molecule has 1 spiro atoms. The summed E-state index contributed by atoms with van der Waals surface area (Å²) in [5.74, 6) is 1.93. The Hall–Kier alpha value is -1.24. The molecule has 1 N–H and O–H groups in total. The third-order valence-corrected chi connectivity index (χ3v) is 7.45. The first-order valence-electron chi connectivity index (χ1n) is 9.59. The second kappa shape index (κ2) is 6.18. The molecule has 0 bridgehead atoms. The van der Waals surface area contributed by atoms with Crippen molar-refractivity contribution in [1.82, 2.24) is 24.8 Å². The highest BCUT2D eigenvalue weighted by molar-refractivity contribution is 7.11. The Morgan fingerprint density at radius 3 is 2.84 bits per heavy atom. The van der Waals surface area contributed by atoms with Gasteiger partial charge >= 0.3 is 0 Å². The second-order valence-corrected chi connectivity index (χ2v) is 9.28. The third-order valence-electron chi connectivity index (χ3n) is 6.31. The molecule has 2 aromatic rings. The van der Waals surface area contributed by atoms with Gasteiger partial charge in [-0.25, -0.2) is 9.97 Å². The Labute approximate surface area is 153 Å². The summed E-state index contributed by atoms with van der Waals surface area (Å²) in [5, 5.41) is 4.88. The van der Waals surface area contributed by atoms with E-state index in [1.54, 1.807) is 0 Å². The summed E-state index contributed by atoms with van der Waals surface area (Å²) >= 11 is 1.94. The standard InChI is InChI=1S/C19H27N5S/c1-23-9-8-21-17(23)13-24(16-10-19(16)4-6-20-7-5-19)12-15-11-22-18(25-15)14-2-3-14/h8-9,11,14,16,20H,2-7,10,12-13H2,1H3/t16-/m0/s1. The summed E-state index contributed by atoms with van der Waals surface area (Å²) in [5.41, 5.74) is 0.556. The molecule has 0 radical (unpaired) electrons. The maximum atomic E-state index is 4.69. The van der Waals surface area contributed by atoms with E-state index in [0.717, 1.165) is 19.0 Å². The number of thiazole rings is 1. The van der Waals surface area contributed by atoms with Crippen LogP contribution in [0.5, 0.6) is 0 Å². The van der Waals surface area contributed by atoms with Gasteiger partial charge in [-0.3, -0.25) is 4.90 Å². The maximum Gasteiger partial charge on any atom is 0.122 e. The van der Waals surface area contributed by atoms with Gasteiger partial charge < -0.3 is 9.88 Å². The van der Waals surface area contributed by atoms with Crippen LogP contribution in [0, 0.1) is 5.41 Å². The van der Waals surface area contributed by atoms with Crippen molar-refractivity contribution in [3.8, 4) is 0 Å². The second-order valence-electron chi connectivity index (χ2n) is 8.13. The van der Waals surface area contributed by atoms with E-state index in [0.29, 0.717) is 11.5 Å². The van der Waals surface area contributed by atoms with Crippen LogP contribution in [0.15, 0.2) is 18.6 Å². The molecular weight excluding hydrogens is 330 g/mol. The number of hydrogen-bond donors (Lipinski definition) is 1. The van der Waals surface area contributed by atoms with Crippen LogP contribution >= 0.6 is 11.3 Å². The molecule has 1 aliphatic heterocycles. The van der Waals surface area contributed by atoms with Gasteiger partial charge in [-0.05, 0) is 50.6 Å². The first kappa shape index (κ1) is 16.0. The van der Waals surface area contributed by atoms with Crippen molar-refractivity contribution in [2.45, 2.75) is 57.2 Å². The van der Waals surface area contributed by atoms with Crippen molar-refractivity contribution in [1.29, 1.82) is 0 Å². The lowest BCUT2D eigenvalue weighted by Gasteiger charge is -2.29. The van der Waals surface area contributed by atoms with Crippen LogP contribution in [-0.4, -0.2) is 38.6 Å². The van der Waals surface area contributed by atoms with Crippen LogP contribution in [0.2, 0.25) is 0 Å². The fourth-order valence-corrected chi connectivity index (χ4v) is 5.54. The van der Waals surface area contributed by atoms with Gasteiger partial charge in [-0.2, -0.15) is 0 Å². The predicted octanol–water partition coefficient (Wildman–Crippen LogP) is 2.90. The number of hydrogen-bond acceptors (Lipinski definition) is 5. The van der Waals surface area contributed by atoms with Gasteiger partial charge in [0.1, 0.15) is 5.82 Å². The highest BCUT2D eigenvalue weighted by atomic mass is 32.1. The molecular formula is C19H27N5S. The lowest BCUT2D eigenvalue weighted by Crippen LogP contribution is -2.36. The highest BCUT2D eigenvalue weighted by Crippen LogP contribution is 2.56. The topological polar surface area (TPSA) is 46.0 Å². The van der Waals surface area contributed by atoms with Gasteiger partial charge in [0.25, 0.3) is 0 Å². The summed E-state index contributed by atoms with van der Waals surface area (Å²) in [6.45, 7) is 4.33. The normalized spacial score (nSPS) is 25.0. The lowest BCUT2D eigenvalue weighted by molar-refractivity contribution is 0.184. The first-order chi connectivity index (χ1) is 12.2. The van der Waals surface area contributed by atoms with E-state index in [1.807, 2.05) is 17.5 Å². The number of aryl methyl sites for hydroxylation is 1. The lowest BCUT2D eigenvalue weighted by atomic mass is 9.93. The minimum Gasteiger partial charge on any atom is -0.337 e. The van der Waals surface area contributed by atoms with Crippen LogP contribution in [0.4, 0.5) is 0 Å². The molecule has 6 heteroatoms. The Kier molecular flexibility index (Phi) is 3.95. The zero-order valence-corrected chi connectivity index (χ0v) is 15.8. The Balaban J connectivity index is 1.34. The molecule has 3 aliphatic rings. The van der Waals surface area contributed by atoms with E-state index < -0.39 is 0 Å². The van der Waals surface area contributed by atoms with E-state index in [9.17, 15) is 0 Å². The van der Waals surface area contributed by atoms with Crippen molar-refractivity contribution in [3.05, 3.63) is 34.3 Å². The van der Waals surface area contributed by atoms with Gasteiger partial charge in [0.15, 0.2) is 0 Å². The molecule has 5 nitrogen and oxygen atoms in total. The molecule has 0 aromatic carbocycles. The molecule has 2 saturated carbocycles. The van der Waals surface area contributed by atoms with E-state index in [1.165, 1.54) is 60.9 Å². The minimum atomic E-state index is 0.556. The Morgan fingerprint density at radius 1 is 1.28 bits per heavy atom. The largest absolute Gasteiger partial charge is 0.337 e. The van der Waals surface area contributed by atoms with Crippen LogP contribution in [-0.2, 0) is 20.1 Å². The van der Waals surface area contributed by atoms with Gasteiger partial charge in [0, 0.05) is 49.0 Å². The Morgan fingerprint density at radius 2 is 2.12 bits per heavy atom. The van der Waals surface area contributed by atoms with Crippen LogP contribution in [0.1, 0.15) is 53.7 Å². The molecule has 3 heterocycles. The van der Waals surface area contributed by atoms with Crippen LogP contribution in [0.3, 0.4) is 0 Å². The minimum absolute atomic E-state index is 0.556. The molecule has 134 valence electrons. The van der Waals surface area contributed by atoms with Crippen LogP contribution in [0.25, 0.3) is 0 Å². The van der Waals surface area contributed by atoms with E-state index in [-0.39, 0.29) is 0 Å². The van der Waals surface area contributed by atoms with Crippen molar-refractivity contribution >= 4 is 11.3 Å². The molecule has 0 amide bonds. The fraction of sp³-hybridized carbons (Fsp3) is 0.684. The Bertz CT molecular complexity index is 741. The summed E-state index contributed by atoms with van der Waals surface area (Å²) in [6.07, 6.45) is 12.8. The molecule has 1 atom stereocenters. The van der Waals surface area contributed by atoms with E-state index >= 15 is 0 Å². The van der Waals surface area contributed by atoms with Crippen molar-refractivity contribution in [2.75, 3.05) is 13.1 Å². The number of piperidine rings is 1. The van der Waals surface area contributed by atoms with Crippen molar-refractivity contribution < 1.29 is 0 Å². The number of nitrogens with zero attached hydrogens (tertiary/aromatic N) is 4. The smallest absolute Gasteiger partial charge is 0.122 e. The van der Waals surface area contributed by atoms with Crippen LogP contribution < -0.4 is 5.32 Å². The quantitative estimate of drug-likeness (QED) is 0.863. The van der Waals surface area contributed by atoms with Gasteiger partial charge in [-0.15, -0.1) is 11.3 Å². The predicted molar refractivity (Wildman–Crippen MR) is 99.5 cm³/mol. The summed E-state index contributed by atoms with van der Waals surface area (Å²) < 4.78 is 2.16. The zero-order chi connectivity index (χ0) is 16.9. The molecule has 3 fully saturated rings. The average molecular weight is 358 g/mol. The maximum absolute atomic E-state index is 4.69. The van der Waals surface area contributed by atoms with Gasteiger partial charge in [0.2, 0.25) is 0 Å². The van der Waals surface area contributed by atoms with Gasteiger partial charge in [0.05, 0.1) is 11.6 Å². The average Bonchev–Trinajstić information content (AvgIpc) is 3.49. The van der Waals surface area contributed by atoms with Gasteiger partial charge in [-0.1, -0.05) is 0 Å². The molecule has 0 unspecified atom stereocenters. The number of aromatic nitrogens is 3. The molecule has 25 heavy (non-hydrogen) atoms. The van der Waals surface area contributed by atoms with Crippen molar-refractivity contribution in [2.24, 2.45) is 12.5 Å². The summed E-state index contributed by atoms with van der Waals surface area (Å²) in [4.78, 5) is 13.4. The summed E-state index contributed by atoms with van der Waals surface area (Å²) in [7, 11) is 2.10.